The van der Waals surface area contributed by atoms with Crippen molar-refractivity contribution in [2.75, 3.05) is 36.8 Å². The number of carbonyl (C=O) groups is 1. The monoisotopic (exact) mass is 368 g/mol. The lowest BCUT2D eigenvalue weighted by Crippen LogP contribution is -2.49. The van der Waals surface area contributed by atoms with Gasteiger partial charge >= 0.3 is 0 Å². The minimum absolute atomic E-state index is 0.253. The van der Waals surface area contributed by atoms with Gasteiger partial charge in [0.05, 0.1) is 5.69 Å². The molecule has 6 heteroatoms. The molecule has 2 aromatic rings. The van der Waals surface area contributed by atoms with E-state index in [0.29, 0.717) is 12.3 Å². The molecular formula is C20H24N4OS. The van der Waals surface area contributed by atoms with Crippen molar-refractivity contribution in [3.8, 4) is 0 Å². The van der Waals surface area contributed by atoms with Gasteiger partial charge in [-0.1, -0.05) is 18.2 Å². The number of carbonyl (C=O) groups excluding carboxylic acids is 1. The number of rotatable bonds is 6. The summed E-state index contributed by atoms with van der Waals surface area (Å²) >= 11 is 1.74. The van der Waals surface area contributed by atoms with Gasteiger partial charge < -0.3 is 9.80 Å². The van der Waals surface area contributed by atoms with Gasteiger partial charge in [0, 0.05) is 49.2 Å². The Labute approximate surface area is 158 Å². The Kier molecular flexibility index (Phi) is 5.39. The van der Waals surface area contributed by atoms with E-state index in [9.17, 15) is 4.79 Å². The Morgan fingerprint density at radius 2 is 1.77 bits per heavy atom. The molecule has 0 spiro atoms. The summed E-state index contributed by atoms with van der Waals surface area (Å²) in [7, 11) is 0. The van der Waals surface area contributed by atoms with Crippen LogP contribution in [0.5, 0.6) is 0 Å². The number of hydrogen-bond acceptors (Lipinski definition) is 5. The van der Waals surface area contributed by atoms with Gasteiger partial charge in [-0.05, 0) is 37.1 Å². The second kappa shape index (κ2) is 8.08. The predicted octanol–water partition coefficient (Wildman–Crippen LogP) is 3.19. The largest absolute Gasteiger partial charge is 0.352 e. The summed E-state index contributed by atoms with van der Waals surface area (Å²) in [5, 5.41) is 8.75. The highest BCUT2D eigenvalue weighted by atomic mass is 32.2. The highest BCUT2D eigenvalue weighted by Crippen LogP contribution is 2.38. The van der Waals surface area contributed by atoms with Crippen LogP contribution < -0.4 is 4.90 Å². The van der Waals surface area contributed by atoms with Crippen LogP contribution in [0.1, 0.15) is 30.9 Å². The van der Waals surface area contributed by atoms with E-state index in [1.54, 1.807) is 11.8 Å². The fourth-order valence-corrected chi connectivity index (χ4v) is 4.08. The molecule has 1 saturated carbocycles. The molecule has 136 valence electrons. The van der Waals surface area contributed by atoms with Gasteiger partial charge in [-0.2, -0.15) is 5.10 Å². The predicted molar refractivity (Wildman–Crippen MR) is 105 cm³/mol. The maximum atomic E-state index is 12.4. The Hall–Kier alpha value is -2.08. The Morgan fingerprint density at radius 1 is 1.00 bits per heavy atom. The summed E-state index contributed by atoms with van der Waals surface area (Å²) in [5.41, 5.74) is 1.12. The van der Waals surface area contributed by atoms with Crippen molar-refractivity contribution in [1.82, 2.24) is 15.1 Å². The molecule has 2 fully saturated rings. The molecule has 0 bridgehead atoms. The molecule has 26 heavy (non-hydrogen) atoms. The van der Waals surface area contributed by atoms with Crippen molar-refractivity contribution in [2.45, 2.75) is 30.1 Å². The number of piperazine rings is 1. The molecule has 1 aliphatic carbocycles. The second-order valence-electron chi connectivity index (χ2n) is 6.87. The van der Waals surface area contributed by atoms with Crippen LogP contribution in [-0.2, 0) is 4.79 Å². The normalized spacial score (nSPS) is 17.4. The molecule has 1 aromatic carbocycles. The maximum Gasteiger partial charge on any atom is 0.223 e. The molecule has 1 saturated heterocycles. The first-order valence-corrected chi connectivity index (χ1v) is 10.3. The van der Waals surface area contributed by atoms with Crippen LogP contribution in [0.25, 0.3) is 0 Å². The molecular weight excluding hydrogens is 344 g/mol. The number of anilines is 1. The van der Waals surface area contributed by atoms with Crippen molar-refractivity contribution < 1.29 is 4.79 Å². The fraction of sp³-hybridized carbons (Fsp3) is 0.450. The summed E-state index contributed by atoms with van der Waals surface area (Å²) < 4.78 is 0. The lowest BCUT2D eigenvalue weighted by atomic mass is 10.2. The number of thioether (sulfide) groups is 1. The molecule has 5 nitrogen and oxygen atoms in total. The van der Waals surface area contributed by atoms with Gasteiger partial charge in [0.1, 0.15) is 0 Å². The minimum atomic E-state index is 0.253. The zero-order chi connectivity index (χ0) is 17.8. The molecule has 4 rings (SSSR count). The van der Waals surface area contributed by atoms with E-state index in [1.165, 1.54) is 17.7 Å². The van der Waals surface area contributed by atoms with Crippen LogP contribution in [0.15, 0.2) is 47.4 Å². The first-order valence-electron chi connectivity index (χ1n) is 9.34. The van der Waals surface area contributed by atoms with Crippen LogP contribution in [0, 0.1) is 0 Å². The zero-order valence-electron chi connectivity index (χ0n) is 14.9. The third-order valence-corrected chi connectivity index (χ3v) is 5.96. The van der Waals surface area contributed by atoms with E-state index in [2.05, 4.69) is 39.4 Å². The average Bonchev–Trinajstić information content (AvgIpc) is 3.54. The van der Waals surface area contributed by atoms with Gasteiger partial charge in [0.15, 0.2) is 5.82 Å². The van der Waals surface area contributed by atoms with Gasteiger partial charge in [-0.15, -0.1) is 16.9 Å². The van der Waals surface area contributed by atoms with E-state index in [1.807, 2.05) is 23.1 Å². The Bertz CT molecular complexity index is 725. The summed E-state index contributed by atoms with van der Waals surface area (Å²) in [6, 6.07) is 14.4. The van der Waals surface area contributed by atoms with E-state index >= 15 is 0 Å². The topological polar surface area (TPSA) is 49.3 Å². The lowest BCUT2D eigenvalue weighted by molar-refractivity contribution is -0.131. The van der Waals surface area contributed by atoms with Crippen molar-refractivity contribution in [1.29, 1.82) is 0 Å². The van der Waals surface area contributed by atoms with E-state index in [0.717, 1.165) is 43.4 Å². The molecule has 1 amide bonds. The average molecular weight is 369 g/mol. The Balaban J connectivity index is 1.21. The first kappa shape index (κ1) is 17.3. The van der Waals surface area contributed by atoms with Crippen LogP contribution >= 0.6 is 11.8 Å². The number of benzene rings is 1. The van der Waals surface area contributed by atoms with Crippen LogP contribution in [-0.4, -0.2) is 52.9 Å². The molecule has 2 heterocycles. The molecule has 1 aromatic heterocycles. The van der Waals surface area contributed by atoms with Crippen molar-refractivity contribution >= 4 is 23.5 Å². The summed E-state index contributed by atoms with van der Waals surface area (Å²) in [5.74, 6) is 2.65. The zero-order valence-corrected chi connectivity index (χ0v) is 15.7. The van der Waals surface area contributed by atoms with E-state index in [-0.39, 0.29) is 5.91 Å². The van der Waals surface area contributed by atoms with Crippen molar-refractivity contribution in [3.63, 3.8) is 0 Å². The van der Waals surface area contributed by atoms with Gasteiger partial charge in [-0.3, -0.25) is 4.79 Å². The third-order valence-electron chi connectivity index (χ3n) is 4.95. The lowest BCUT2D eigenvalue weighted by Gasteiger charge is -2.35. The fourth-order valence-electron chi connectivity index (χ4n) is 3.22. The number of hydrogen-bond donors (Lipinski definition) is 0. The van der Waals surface area contributed by atoms with Gasteiger partial charge in [0.25, 0.3) is 0 Å². The van der Waals surface area contributed by atoms with E-state index < -0.39 is 0 Å². The van der Waals surface area contributed by atoms with Gasteiger partial charge in [0.2, 0.25) is 5.91 Å². The molecule has 2 aliphatic rings. The first-order chi connectivity index (χ1) is 12.8. The van der Waals surface area contributed by atoms with Gasteiger partial charge in [-0.25, -0.2) is 0 Å². The minimum Gasteiger partial charge on any atom is -0.352 e. The number of aromatic nitrogens is 2. The smallest absolute Gasteiger partial charge is 0.223 e. The van der Waals surface area contributed by atoms with Crippen molar-refractivity contribution in [3.05, 3.63) is 48.2 Å². The Morgan fingerprint density at radius 3 is 2.42 bits per heavy atom. The maximum absolute atomic E-state index is 12.4. The third kappa shape index (κ3) is 4.36. The van der Waals surface area contributed by atoms with Crippen LogP contribution in [0.4, 0.5) is 5.82 Å². The summed E-state index contributed by atoms with van der Waals surface area (Å²) in [6.07, 6.45) is 3.09. The van der Waals surface area contributed by atoms with Crippen LogP contribution in [0.3, 0.4) is 0 Å². The summed E-state index contributed by atoms with van der Waals surface area (Å²) in [6.45, 7) is 3.19. The SMILES string of the molecule is O=C(CCSc1ccccc1)N1CCN(c2ccc(C3CC3)nn2)CC1. The quantitative estimate of drug-likeness (QED) is 0.733. The van der Waals surface area contributed by atoms with Crippen LogP contribution in [0.2, 0.25) is 0 Å². The second-order valence-corrected chi connectivity index (χ2v) is 8.04. The highest BCUT2D eigenvalue weighted by molar-refractivity contribution is 7.99. The highest BCUT2D eigenvalue weighted by Gasteiger charge is 2.26. The number of nitrogens with zero attached hydrogens (tertiary/aromatic N) is 4. The van der Waals surface area contributed by atoms with E-state index in [4.69, 9.17) is 0 Å². The number of amides is 1. The summed E-state index contributed by atoms with van der Waals surface area (Å²) in [4.78, 5) is 17.9. The molecule has 0 atom stereocenters. The molecule has 0 unspecified atom stereocenters. The molecule has 0 N–H and O–H groups in total. The molecule has 0 radical (unpaired) electrons. The van der Waals surface area contributed by atoms with Crippen molar-refractivity contribution in [2.24, 2.45) is 0 Å². The standard InChI is InChI=1S/C20H24N4OS/c25-20(10-15-26-17-4-2-1-3-5-17)24-13-11-23(12-14-24)19-9-8-18(21-22-19)16-6-7-16/h1-5,8-9,16H,6-7,10-15H2. The molecule has 1 aliphatic heterocycles.